The molecule has 10 nitrogen and oxygen atoms in total. The van der Waals surface area contributed by atoms with E-state index in [0.717, 1.165) is 36.4 Å². The average molecular weight is 592 g/mol. The summed E-state index contributed by atoms with van der Waals surface area (Å²) in [5, 5.41) is 24.2. The number of carbonyl (C=O) groups is 2. The molecule has 40 heavy (non-hydrogen) atoms. The minimum absolute atomic E-state index is 0.0474. The molecule has 0 aromatic heterocycles. The van der Waals surface area contributed by atoms with Crippen molar-refractivity contribution < 1.29 is 50.5 Å². The third-order valence-electron chi connectivity index (χ3n) is 5.31. The van der Waals surface area contributed by atoms with E-state index in [2.05, 4.69) is 4.74 Å². The molecule has 0 unspecified atom stereocenters. The van der Waals surface area contributed by atoms with Crippen LogP contribution in [0.1, 0.15) is 26.3 Å². The number of non-ortho nitro benzene ring substituents is 1. The Bertz CT molecular complexity index is 1460. The van der Waals surface area contributed by atoms with Gasteiger partial charge in [-0.25, -0.2) is 4.79 Å². The van der Waals surface area contributed by atoms with Crippen molar-refractivity contribution in [1.29, 1.82) is 0 Å². The van der Waals surface area contributed by atoms with E-state index in [9.17, 15) is 56.2 Å². The van der Waals surface area contributed by atoms with Crippen LogP contribution in [-0.4, -0.2) is 34.1 Å². The number of anilines is 1. The molecule has 0 spiro atoms. The van der Waals surface area contributed by atoms with Crippen molar-refractivity contribution in [2.75, 3.05) is 5.32 Å². The van der Waals surface area contributed by atoms with Gasteiger partial charge in [-0.1, -0.05) is 23.7 Å². The number of carbonyl (C=O) groups excluding carboxylic acids is 2. The van der Waals surface area contributed by atoms with E-state index >= 15 is 0 Å². The number of amides is 1. The van der Waals surface area contributed by atoms with E-state index in [1.807, 2.05) is 5.32 Å². The first kappa shape index (κ1) is 29.8. The topological polar surface area (TPSA) is 142 Å². The van der Waals surface area contributed by atoms with E-state index in [1.165, 1.54) is 0 Å². The van der Waals surface area contributed by atoms with Crippen LogP contribution in [0.2, 0.25) is 5.02 Å². The van der Waals surface area contributed by atoms with Gasteiger partial charge in [0.2, 0.25) is 0 Å². The smallest absolute Gasteiger partial charge is 0.431 e. The van der Waals surface area contributed by atoms with Crippen LogP contribution in [0.25, 0.3) is 0 Å². The number of rotatable bonds is 7. The van der Waals surface area contributed by atoms with Crippen molar-refractivity contribution in [3.8, 4) is 0 Å². The Morgan fingerprint density at radius 3 is 1.82 bits per heavy atom. The highest BCUT2D eigenvalue weighted by molar-refractivity contribution is 6.30. The van der Waals surface area contributed by atoms with Crippen molar-refractivity contribution in [3.05, 3.63) is 109 Å². The second-order valence-electron chi connectivity index (χ2n) is 7.82. The zero-order chi connectivity index (χ0) is 30.0. The van der Waals surface area contributed by atoms with Gasteiger partial charge in [-0.15, -0.1) is 0 Å². The fraction of sp³-hybridized carbons (Fsp3) is 0.130. The maximum absolute atomic E-state index is 14.0. The van der Waals surface area contributed by atoms with Crippen LogP contribution in [0.4, 0.5) is 43.4 Å². The Kier molecular flexibility index (Phi) is 8.05. The number of nitro groups is 2. The van der Waals surface area contributed by atoms with Crippen LogP contribution in [0.3, 0.4) is 0 Å². The highest BCUT2D eigenvalue weighted by atomic mass is 35.5. The van der Waals surface area contributed by atoms with Gasteiger partial charge in [0.25, 0.3) is 17.3 Å². The lowest BCUT2D eigenvalue weighted by atomic mass is 9.91. The predicted molar refractivity (Wildman–Crippen MR) is 125 cm³/mol. The number of alkyl halides is 6. The summed E-state index contributed by atoms with van der Waals surface area (Å²) >= 11 is 5.62. The van der Waals surface area contributed by atoms with E-state index in [0.29, 0.717) is 18.2 Å². The van der Waals surface area contributed by atoms with Crippen LogP contribution < -0.4 is 5.32 Å². The van der Waals surface area contributed by atoms with Gasteiger partial charge >= 0.3 is 23.9 Å². The highest BCUT2D eigenvalue weighted by Crippen LogP contribution is 2.53. The summed E-state index contributed by atoms with van der Waals surface area (Å²) in [4.78, 5) is 44.9. The Balaban J connectivity index is 1.99. The van der Waals surface area contributed by atoms with Crippen molar-refractivity contribution in [2.24, 2.45) is 0 Å². The molecule has 1 amide bonds. The lowest BCUT2D eigenvalue weighted by Crippen LogP contribution is -2.56. The van der Waals surface area contributed by atoms with Crippen LogP contribution in [-0.2, 0) is 10.3 Å². The second kappa shape index (κ2) is 10.8. The lowest BCUT2D eigenvalue weighted by Gasteiger charge is -2.36. The zero-order valence-corrected chi connectivity index (χ0v) is 20.0. The summed E-state index contributed by atoms with van der Waals surface area (Å²) in [5.74, 6) is -3.21. The maximum atomic E-state index is 14.0. The van der Waals surface area contributed by atoms with Gasteiger partial charge in [0, 0.05) is 22.3 Å². The summed E-state index contributed by atoms with van der Waals surface area (Å²) in [6.45, 7) is 0. The molecular weight excluding hydrogens is 580 g/mol. The number of nitrogens with zero attached hydrogens (tertiary/aromatic N) is 2. The second-order valence-corrected chi connectivity index (χ2v) is 8.26. The number of esters is 1. The minimum atomic E-state index is -6.21. The predicted octanol–water partition coefficient (Wildman–Crippen LogP) is 6.59. The van der Waals surface area contributed by atoms with E-state index < -0.39 is 73.4 Å². The molecule has 210 valence electrons. The summed E-state index contributed by atoms with van der Waals surface area (Å²) in [7, 11) is 0. The Morgan fingerprint density at radius 1 is 0.800 bits per heavy atom. The lowest BCUT2D eigenvalue weighted by molar-refractivity contribution is -0.394. The van der Waals surface area contributed by atoms with Crippen LogP contribution in [0.15, 0.2) is 66.7 Å². The number of nitro benzene ring substituents is 2. The molecule has 0 saturated carbocycles. The monoisotopic (exact) mass is 591 g/mol. The van der Waals surface area contributed by atoms with E-state index in [1.54, 1.807) is 0 Å². The normalized spacial score (nSPS) is 12.0. The molecule has 3 aromatic rings. The van der Waals surface area contributed by atoms with Gasteiger partial charge in [-0.05, 0) is 42.5 Å². The molecule has 0 heterocycles. The molecule has 0 radical (unpaired) electrons. The third-order valence-corrected chi connectivity index (χ3v) is 5.56. The first-order chi connectivity index (χ1) is 18.5. The van der Waals surface area contributed by atoms with Gasteiger partial charge in [0.1, 0.15) is 5.56 Å². The number of benzene rings is 3. The van der Waals surface area contributed by atoms with E-state index in [-0.39, 0.29) is 17.2 Å². The quantitative estimate of drug-likeness (QED) is 0.141. The molecule has 0 saturated heterocycles. The van der Waals surface area contributed by atoms with E-state index in [4.69, 9.17) is 11.6 Å². The molecule has 0 bridgehead atoms. The van der Waals surface area contributed by atoms with Crippen LogP contribution in [0.5, 0.6) is 0 Å². The molecule has 0 atom stereocenters. The molecule has 1 N–H and O–H groups in total. The van der Waals surface area contributed by atoms with Gasteiger partial charge < -0.3 is 10.1 Å². The number of hydrogen-bond acceptors (Lipinski definition) is 7. The third kappa shape index (κ3) is 5.80. The first-order valence-electron chi connectivity index (χ1n) is 10.4. The van der Waals surface area contributed by atoms with Crippen molar-refractivity contribution in [1.82, 2.24) is 0 Å². The Hall–Kier alpha value is -4.73. The Labute approximate surface area is 223 Å². The summed E-state index contributed by atoms with van der Waals surface area (Å²) < 4.78 is 88.3. The molecule has 0 aliphatic carbocycles. The summed E-state index contributed by atoms with van der Waals surface area (Å²) in [6.07, 6.45) is -12.4. The largest absolute Gasteiger partial charge is 0.442 e. The number of nitrogens with one attached hydrogen (secondary N) is 1. The van der Waals surface area contributed by atoms with Crippen molar-refractivity contribution in [2.45, 2.75) is 18.0 Å². The Morgan fingerprint density at radius 2 is 1.35 bits per heavy atom. The molecule has 3 rings (SSSR count). The van der Waals surface area contributed by atoms with Crippen molar-refractivity contribution in [3.63, 3.8) is 0 Å². The number of hydrogen-bond donors (Lipinski definition) is 1. The summed E-state index contributed by atoms with van der Waals surface area (Å²) in [5.41, 5.74) is -10.1. The standard InChI is InChI=1S/C23H12ClF6N3O7/c24-14-5-1-12(2-6-14)20(35)40-21(22(25,26)27,23(28,29)30)13-3-7-15(8-4-13)31-19(34)17-10-9-16(32(36)37)11-18(17)33(38)39/h1-11H,(H,31,34). The summed E-state index contributed by atoms with van der Waals surface area (Å²) in [6, 6.07) is 7.62. The molecule has 0 aliphatic rings. The SMILES string of the molecule is O=C(OC(c1ccc(NC(=O)c2ccc([N+](=O)[O-])cc2[N+](=O)[O-])cc1)(C(F)(F)F)C(F)(F)F)c1ccc(Cl)cc1. The van der Waals surface area contributed by atoms with Gasteiger partial charge in [0.05, 0.1) is 21.5 Å². The molecule has 3 aromatic carbocycles. The average Bonchev–Trinajstić information content (AvgIpc) is 2.86. The number of halogens is 7. The molecule has 17 heteroatoms. The van der Waals surface area contributed by atoms with Gasteiger partial charge in [0.15, 0.2) is 0 Å². The molecule has 0 fully saturated rings. The van der Waals surface area contributed by atoms with Crippen molar-refractivity contribution >= 4 is 40.5 Å². The first-order valence-corrected chi connectivity index (χ1v) is 10.8. The van der Waals surface area contributed by atoms with Crippen LogP contribution in [0, 0.1) is 20.2 Å². The van der Waals surface area contributed by atoms with Gasteiger partial charge in [-0.3, -0.25) is 25.0 Å². The van der Waals surface area contributed by atoms with Gasteiger partial charge in [-0.2, -0.15) is 26.3 Å². The minimum Gasteiger partial charge on any atom is -0.431 e. The highest BCUT2D eigenvalue weighted by Gasteiger charge is 2.75. The molecular formula is C23H12ClF6N3O7. The fourth-order valence-corrected chi connectivity index (χ4v) is 3.54. The molecule has 0 aliphatic heterocycles. The number of ether oxygens (including phenoxy) is 1. The van der Waals surface area contributed by atoms with Crippen LogP contribution >= 0.6 is 11.6 Å². The fourth-order valence-electron chi connectivity index (χ4n) is 3.41. The zero-order valence-electron chi connectivity index (χ0n) is 19.2. The maximum Gasteiger partial charge on any atom is 0.442 e.